The molecule has 2 nitrogen and oxygen atoms in total. The van der Waals surface area contributed by atoms with E-state index in [9.17, 15) is 4.79 Å². The van der Waals surface area contributed by atoms with Gasteiger partial charge < -0.3 is 5.73 Å². The Hall–Kier alpha value is -0.830. The third-order valence-electron chi connectivity index (χ3n) is 2.37. The van der Waals surface area contributed by atoms with E-state index in [0.29, 0.717) is 12.1 Å². The maximum absolute atomic E-state index is 11.5. The fourth-order valence-electron chi connectivity index (χ4n) is 1.68. The highest BCUT2D eigenvalue weighted by Gasteiger charge is 2.17. The third-order valence-corrected chi connectivity index (χ3v) is 3.06. The first kappa shape index (κ1) is 8.75. The molecule has 0 aliphatic heterocycles. The van der Waals surface area contributed by atoms with E-state index < -0.39 is 0 Å². The van der Waals surface area contributed by atoms with E-state index in [4.69, 9.17) is 5.73 Å². The van der Waals surface area contributed by atoms with Crippen molar-refractivity contribution < 1.29 is 4.79 Å². The van der Waals surface area contributed by atoms with E-state index in [2.05, 4.69) is 15.9 Å². The Morgan fingerprint density at radius 3 is 2.85 bits per heavy atom. The summed E-state index contributed by atoms with van der Waals surface area (Å²) >= 11 is 3.32. The molecular weight excluding hydrogens is 230 g/mol. The molecule has 0 bridgehead atoms. The summed E-state index contributed by atoms with van der Waals surface area (Å²) in [5.41, 5.74) is 8.38. The Kier molecular flexibility index (Phi) is 2.12. The minimum Gasteiger partial charge on any atom is -0.398 e. The van der Waals surface area contributed by atoms with E-state index in [1.807, 2.05) is 12.1 Å². The predicted octanol–water partition coefficient (Wildman–Crippen LogP) is 2.55. The van der Waals surface area contributed by atoms with Crippen LogP contribution in [0, 0.1) is 0 Å². The second-order valence-electron chi connectivity index (χ2n) is 3.31. The summed E-state index contributed by atoms with van der Waals surface area (Å²) in [6.07, 6.45) is 2.59. The second-order valence-corrected chi connectivity index (χ2v) is 4.16. The van der Waals surface area contributed by atoms with Gasteiger partial charge in [0.1, 0.15) is 0 Å². The van der Waals surface area contributed by atoms with Gasteiger partial charge >= 0.3 is 0 Å². The number of ketones is 1. The number of nitrogens with two attached hydrogens (primary N) is 1. The molecule has 68 valence electrons. The summed E-state index contributed by atoms with van der Waals surface area (Å²) in [7, 11) is 0. The van der Waals surface area contributed by atoms with Crippen LogP contribution in [0.1, 0.15) is 28.8 Å². The lowest BCUT2D eigenvalue weighted by atomic mass is 9.90. The van der Waals surface area contributed by atoms with Crippen molar-refractivity contribution in [1.82, 2.24) is 0 Å². The Labute approximate surface area is 85.3 Å². The quantitative estimate of drug-likeness (QED) is 0.708. The number of carbonyl (C=O) groups is 1. The molecular formula is C10H10BrNO. The van der Waals surface area contributed by atoms with Gasteiger partial charge in [0.15, 0.2) is 5.78 Å². The molecule has 0 radical (unpaired) electrons. The van der Waals surface area contributed by atoms with Crippen molar-refractivity contribution in [3.05, 3.63) is 27.7 Å². The van der Waals surface area contributed by atoms with Gasteiger partial charge in [0.05, 0.1) is 0 Å². The molecule has 0 saturated carbocycles. The topological polar surface area (TPSA) is 43.1 Å². The fraction of sp³-hybridized carbons (Fsp3) is 0.300. The molecule has 0 atom stereocenters. The SMILES string of the molecule is Nc1cc2c(cc1Br)C(=O)CCC2. The normalized spacial score (nSPS) is 15.6. The van der Waals surface area contributed by atoms with Crippen molar-refractivity contribution >= 4 is 27.4 Å². The van der Waals surface area contributed by atoms with Crippen molar-refractivity contribution in [2.24, 2.45) is 0 Å². The van der Waals surface area contributed by atoms with Crippen molar-refractivity contribution in [3.8, 4) is 0 Å². The van der Waals surface area contributed by atoms with Gasteiger partial charge in [0.2, 0.25) is 0 Å². The van der Waals surface area contributed by atoms with Crippen LogP contribution >= 0.6 is 15.9 Å². The number of anilines is 1. The highest BCUT2D eigenvalue weighted by Crippen LogP contribution is 2.29. The number of nitrogen functional groups attached to an aromatic ring is 1. The number of carbonyl (C=O) groups excluding carboxylic acids is 1. The monoisotopic (exact) mass is 239 g/mol. The minimum atomic E-state index is 0.238. The van der Waals surface area contributed by atoms with Crippen LogP contribution in [0.25, 0.3) is 0 Å². The van der Waals surface area contributed by atoms with Gasteiger partial charge in [-0.1, -0.05) is 0 Å². The first-order valence-electron chi connectivity index (χ1n) is 4.29. The van der Waals surface area contributed by atoms with Crippen molar-refractivity contribution in [2.75, 3.05) is 5.73 Å². The first-order valence-corrected chi connectivity index (χ1v) is 5.09. The maximum Gasteiger partial charge on any atom is 0.163 e. The number of fused-ring (bicyclic) bond motifs is 1. The molecule has 0 heterocycles. The van der Waals surface area contributed by atoms with Crippen LogP contribution < -0.4 is 5.73 Å². The summed E-state index contributed by atoms with van der Waals surface area (Å²) in [4.78, 5) is 11.5. The lowest BCUT2D eigenvalue weighted by molar-refractivity contribution is 0.0972. The van der Waals surface area contributed by atoms with Gasteiger partial charge in [-0.05, 0) is 46.5 Å². The number of rotatable bonds is 0. The number of halogens is 1. The lowest BCUT2D eigenvalue weighted by Crippen LogP contribution is -2.11. The molecule has 1 aliphatic carbocycles. The number of hydrogen-bond acceptors (Lipinski definition) is 2. The zero-order valence-corrected chi connectivity index (χ0v) is 8.73. The zero-order chi connectivity index (χ0) is 9.42. The van der Waals surface area contributed by atoms with Crippen LogP contribution in [0.2, 0.25) is 0 Å². The van der Waals surface area contributed by atoms with Gasteiger partial charge in [-0.2, -0.15) is 0 Å². The second kappa shape index (κ2) is 3.14. The molecule has 0 spiro atoms. The Bertz CT molecular complexity index is 373. The summed E-state index contributed by atoms with van der Waals surface area (Å²) in [6, 6.07) is 3.74. The van der Waals surface area contributed by atoms with E-state index in [0.717, 1.165) is 28.4 Å². The molecule has 3 heteroatoms. The van der Waals surface area contributed by atoms with Crippen molar-refractivity contribution in [1.29, 1.82) is 0 Å². The molecule has 1 aromatic rings. The van der Waals surface area contributed by atoms with Crippen LogP contribution in [0.3, 0.4) is 0 Å². The summed E-state index contributed by atoms with van der Waals surface area (Å²) < 4.78 is 0.821. The highest BCUT2D eigenvalue weighted by atomic mass is 79.9. The van der Waals surface area contributed by atoms with E-state index in [1.54, 1.807) is 0 Å². The van der Waals surface area contributed by atoms with Crippen LogP contribution in [0.15, 0.2) is 16.6 Å². The van der Waals surface area contributed by atoms with E-state index in [-0.39, 0.29) is 5.78 Å². The minimum absolute atomic E-state index is 0.238. The van der Waals surface area contributed by atoms with E-state index in [1.165, 1.54) is 0 Å². The molecule has 1 aliphatic rings. The van der Waals surface area contributed by atoms with E-state index >= 15 is 0 Å². The third kappa shape index (κ3) is 1.48. The average Bonchev–Trinajstić information content (AvgIpc) is 2.09. The zero-order valence-electron chi connectivity index (χ0n) is 7.14. The van der Waals surface area contributed by atoms with Gasteiger partial charge in [0, 0.05) is 22.1 Å². The predicted molar refractivity (Wildman–Crippen MR) is 55.8 cm³/mol. The van der Waals surface area contributed by atoms with Crippen molar-refractivity contribution in [3.63, 3.8) is 0 Å². The van der Waals surface area contributed by atoms with Crippen LogP contribution in [0.5, 0.6) is 0 Å². The largest absolute Gasteiger partial charge is 0.398 e. The van der Waals surface area contributed by atoms with Crippen LogP contribution in [0.4, 0.5) is 5.69 Å². The van der Waals surface area contributed by atoms with Gasteiger partial charge in [-0.25, -0.2) is 0 Å². The molecule has 0 fully saturated rings. The van der Waals surface area contributed by atoms with Crippen LogP contribution in [-0.2, 0) is 6.42 Å². The average molecular weight is 240 g/mol. The molecule has 13 heavy (non-hydrogen) atoms. The Morgan fingerprint density at radius 1 is 1.31 bits per heavy atom. The molecule has 2 rings (SSSR count). The number of benzene rings is 1. The molecule has 0 unspecified atom stereocenters. The molecule has 2 N–H and O–H groups in total. The lowest BCUT2D eigenvalue weighted by Gasteiger charge is -2.15. The summed E-state index contributed by atoms with van der Waals surface area (Å²) in [5, 5.41) is 0. The first-order chi connectivity index (χ1) is 6.18. The van der Waals surface area contributed by atoms with Gasteiger partial charge in [0.25, 0.3) is 0 Å². The van der Waals surface area contributed by atoms with Gasteiger partial charge in [-0.3, -0.25) is 4.79 Å². The summed E-state index contributed by atoms with van der Waals surface area (Å²) in [6.45, 7) is 0. The summed E-state index contributed by atoms with van der Waals surface area (Å²) in [5.74, 6) is 0.238. The number of aryl methyl sites for hydroxylation is 1. The molecule has 0 amide bonds. The smallest absolute Gasteiger partial charge is 0.163 e. The number of hydrogen-bond donors (Lipinski definition) is 1. The number of Topliss-reactive ketones (excluding diaryl/α,β-unsaturated/α-hetero) is 1. The standard InChI is InChI=1S/C10H10BrNO/c11-8-5-7-6(4-9(8)12)2-1-3-10(7)13/h4-5H,1-3,12H2. The highest BCUT2D eigenvalue weighted by molar-refractivity contribution is 9.10. The fourth-order valence-corrected chi connectivity index (χ4v) is 2.02. The Morgan fingerprint density at radius 2 is 2.08 bits per heavy atom. The Balaban J connectivity index is 2.58. The van der Waals surface area contributed by atoms with Crippen molar-refractivity contribution in [2.45, 2.75) is 19.3 Å². The van der Waals surface area contributed by atoms with Crippen LogP contribution in [-0.4, -0.2) is 5.78 Å². The molecule has 0 aromatic heterocycles. The van der Waals surface area contributed by atoms with Gasteiger partial charge in [-0.15, -0.1) is 0 Å². The molecule has 0 saturated heterocycles. The molecule has 1 aromatic carbocycles. The maximum atomic E-state index is 11.5.